The van der Waals surface area contributed by atoms with Crippen molar-refractivity contribution in [1.82, 2.24) is 4.57 Å². The number of carbonyl (C=O) groups excluding carboxylic acids is 1. The number of ether oxygens (including phenoxy) is 1. The SMILES string of the molecule is CC[C@H](C)Oc1ccc2c(c1)c(C(C)=O)c(C)n2CC(C)C. The summed E-state index contributed by atoms with van der Waals surface area (Å²) in [4.78, 5) is 12.1. The first-order valence-electron chi connectivity index (χ1n) is 8.15. The normalized spacial score (nSPS) is 12.9. The molecule has 0 saturated carbocycles. The molecule has 0 unspecified atom stereocenters. The van der Waals surface area contributed by atoms with Crippen molar-refractivity contribution in [1.29, 1.82) is 0 Å². The van der Waals surface area contributed by atoms with Crippen LogP contribution in [0.25, 0.3) is 10.9 Å². The molecule has 0 aliphatic heterocycles. The summed E-state index contributed by atoms with van der Waals surface area (Å²) in [5.74, 6) is 1.49. The van der Waals surface area contributed by atoms with Crippen LogP contribution in [-0.2, 0) is 6.54 Å². The minimum absolute atomic E-state index is 0.116. The van der Waals surface area contributed by atoms with Gasteiger partial charge in [-0.25, -0.2) is 0 Å². The predicted molar refractivity (Wildman–Crippen MR) is 91.9 cm³/mol. The Labute approximate surface area is 133 Å². The van der Waals surface area contributed by atoms with Gasteiger partial charge in [-0.15, -0.1) is 0 Å². The molecule has 22 heavy (non-hydrogen) atoms. The summed E-state index contributed by atoms with van der Waals surface area (Å²) in [5.41, 5.74) is 3.00. The van der Waals surface area contributed by atoms with E-state index < -0.39 is 0 Å². The van der Waals surface area contributed by atoms with Crippen molar-refractivity contribution in [2.24, 2.45) is 5.92 Å². The third kappa shape index (κ3) is 3.18. The van der Waals surface area contributed by atoms with Crippen LogP contribution in [0.4, 0.5) is 0 Å². The van der Waals surface area contributed by atoms with E-state index in [1.807, 2.05) is 19.1 Å². The van der Waals surface area contributed by atoms with E-state index in [2.05, 4.69) is 38.3 Å². The summed E-state index contributed by atoms with van der Waals surface area (Å²) in [6.45, 7) is 13.1. The lowest BCUT2D eigenvalue weighted by atomic mass is 10.1. The largest absolute Gasteiger partial charge is 0.491 e. The molecule has 2 aromatic rings. The maximum Gasteiger partial charge on any atom is 0.162 e. The van der Waals surface area contributed by atoms with Gasteiger partial charge in [0.2, 0.25) is 0 Å². The third-order valence-corrected chi connectivity index (χ3v) is 4.11. The number of hydrogen-bond acceptors (Lipinski definition) is 2. The molecular weight excluding hydrogens is 274 g/mol. The van der Waals surface area contributed by atoms with Crippen LogP contribution in [0.3, 0.4) is 0 Å². The zero-order chi connectivity index (χ0) is 16.4. The minimum Gasteiger partial charge on any atom is -0.491 e. The number of hydrogen-bond donors (Lipinski definition) is 0. The van der Waals surface area contributed by atoms with Crippen molar-refractivity contribution in [2.45, 2.75) is 60.6 Å². The number of benzene rings is 1. The molecule has 1 aromatic heterocycles. The third-order valence-electron chi connectivity index (χ3n) is 4.11. The number of nitrogens with zero attached hydrogens (tertiary/aromatic N) is 1. The van der Waals surface area contributed by atoms with Crippen molar-refractivity contribution in [3.05, 3.63) is 29.5 Å². The van der Waals surface area contributed by atoms with Crippen LogP contribution in [0, 0.1) is 12.8 Å². The Balaban J connectivity index is 2.59. The molecule has 0 radical (unpaired) electrons. The van der Waals surface area contributed by atoms with Crippen molar-refractivity contribution >= 4 is 16.7 Å². The highest BCUT2D eigenvalue weighted by Gasteiger charge is 2.18. The fraction of sp³-hybridized carbons (Fsp3) is 0.526. The summed E-state index contributed by atoms with van der Waals surface area (Å²) < 4.78 is 8.17. The van der Waals surface area contributed by atoms with Gasteiger partial charge in [0.15, 0.2) is 5.78 Å². The minimum atomic E-state index is 0.116. The fourth-order valence-corrected chi connectivity index (χ4v) is 2.90. The predicted octanol–water partition coefficient (Wildman–Crippen LogP) is 4.99. The van der Waals surface area contributed by atoms with Crippen molar-refractivity contribution in [2.75, 3.05) is 0 Å². The van der Waals surface area contributed by atoms with Gasteiger partial charge in [-0.2, -0.15) is 0 Å². The van der Waals surface area contributed by atoms with E-state index in [0.29, 0.717) is 5.92 Å². The van der Waals surface area contributed by atoms with Crippen LogP contribution < -0.4 is 4.74 Å². The number of carbonyl (C=O) groups is 1. The lowest BCUT2D eigenvalue weighted by Crippen LogP contribution is -2.09. The van der Waals surface area contributed by atoms with Crippen LogP contribution in [0.5, 0.6) is 5.75 Å². The quantitative estimate of drug-likeness (QED) is 0.704. The molecule has 0 fully saturated rings. The number of ketones is 1. The van der Waals surface area contributed by atoms with Gasteiger partial charge in [-0.05, 0) is 51.3 Å². The average molecular weight is 301 g/mol. The number of aromatic nitrogens is 1. The molecule has 1 atom stereocenters. The highest BCUT2D eigenvalue weighted by Crippen LogP contribution is 2.31. The van der Waals surface area contributed by atoms with Crippen LogP contribution in [0.2, 0.25) is 0 Å². The lowest BCUT2D eigenvalue weighted by molar-refractivity contribution is 0.101. The van der Waals surface area contributed by atoms with Gasteiger partial charge in [-0.1, -0.05) is 20.8 Å². The second-order valence-electron chi connectivity index (χ2n) is 6.54. The van der Waals surface area contributed by atoms with Gasteiger partial charge < -0.3 is 9.30 Å². The second kappa shape index (κ2) is 6.55. The van der Waals surface area contributed by atoms with Crippen molar-refractivity contribution < 1.29 is 9.53 Å². The van der Waals surface area contributed by atoms with Crippen molar-refractivity contribution in [3.8, 4) is 5.75 Å². The highest BCUT2D eigenvalue weighted by atomic mass is 16.5. The number of Topliss-reactive ketones (excluding diaryl/α,β-unsaturated/α-hetero) is 1. The average Bonchev–Trinajstić information content (AvgIpc) is 2.70. The van der Waals surface area contributed by atoms with Crippen LogP contribution in [-0.4, -0.2) is 16.5 Å². The van der Waals surface area contributed by atoms with Gasteiger partial charge in [0, 0.05) is 28.7 Å². The summed E-state index contributed by atoms with van der Waals surface area (Å²) in [6.07, 6.45) is 1.14. The molecule has 1 aromatic carbocycles. The maximum atomic E-state index is 12.1. The zero-order valence-electron chi connectivity index (χ0n) is 14.6. The molecule has 0 saturated heterocycles. The molecule has 2 rings (SSSR count). The molecule has 0 N–H and O–H groups in total. The van der Waals surface area contributed by atoms with Gasteiger partial charge in [0.1, 0.15) is 5.75 Å². The van der Waals surface area contributed by atoms with E-state index >= 15 is 0 Å². The fourth-order valence-electron chi connectivity index (χ4n) is 2.90. The second-order valence-corrected chi connectivity index (χ2v) is 6.54. The van der Waals surface area contributed by atoms with Crippen molar-refractivity contribution in [3.63, 3.8) is 0 Å². The molecule has 0 aliphatic rings. The molecule has 0 amide bonds. The van der Waals surface area contributed by atoms with Gasteiger partial charge >= 0.3 is 0 Å². The smallest absolute Gasteiger partial charge is 0.162 e. The van der Waals surface area contributed by atoms with E-state index in [9.17, 15) is 4.79 Å². The van der Waals surface area contributed by atoms with Gasteiger partial charge in [-0.3, -0.25) is 4.79 Å². The molecule has 0 aliphatic carbocycles. The molecule has 3 heteroatoms. The zero-order valence-corrected chi connectivity index (χ0v) is 14.6. The van der Waals surface area contributed by atoms with E-state index in [0.717, 1.165) is 40.9 Å². The van der Waals surface area contributed by atoms with E-state index in [-0.39, 0.29) is 11.9 Å². The Morgan fingerprint density at radius 3 is 2.50 bits per heavy atom. The highest BCUT2D eigenvalue weighted by molar-refractivity contribution is 6.08. The topological polar surface area (TPSA) is 31.2 Å². The van der Waals surface area contributed by atoms with E-state index in [1.165, 1.54) is 0 Å². The summed E-state index contributed by atoms with van der Waals surface area (Å²) in [5, 5.41) is 1.01. The Kier molecular flexibility index (Phi) is 4.94. The lowest BCUT2D eigenvalue weighted by Gasteiger charge is -2.13. The Hall–Kier alpha value is -1.77. The Morgan fingerprint density at radius 2 is 1.95 bits per heavy atom. The summed E-state index contributed by atoms with van der Waals surface area (Å²) in [7, 11) is 0. The van der Waals surface area contributed by atoms with Crippen LogP contribution in [0.1, 0.15) is 57.1 Å². The Morgan fingerprint density at radius 1 is 1.27 bits per heavy atom. The summed E-state index contributed by atoms with van der Waals surface area (Å²) >= 11 is 0. The summed E-state index contributed by atoms with van der Waals surface area (Å²) in [6, 6.07) is 6.10. The monoisotopic (exact) mass is 301 g/mol. The van der Waals surface area contributed by atoms with Gasteiger partial charge in [0.05, 0.1) is 6.10 Å². The van der Waals surface area contributed by atoms with E-state index in [4.69, 9.17) is 4.74 Å². The van der Waals surface area contributed by atoms with Gasteiger partial charge in [0.25, 0.3) is 0 Å². The molecule has 0 spiro atoms. The standard InChI is InChI=1S/C19H27NO2/c1-7-13(4)22-16-8-9-18-17(10-16)19(15(6)21)14(5)20(18)11-12(2)3/h8-10,12-13H,7,11H2,1-6H3/t13-/m0/s1. The first kappa shape index (κ1) is 16.6. The molecule has 120 valence electrons. The Bertz CT molecular complexity index is 682. The number of rotatable bonds is 6. The molecule has 0 bridgehead atoms. The van der Waals surface area contributed by atoms with Crippen LogP contribution >= 0.6 is 0 Å². The molecular formula is C19H27NO2. The van der Waals surface area contributed by atoms with Crippen LogP contribution in [0.15, 0.2) is 18.2 Å². The molecule has 1 heterocycles. The number of fused-ring (bicyclic) bond motifs is 1. The molecule has 3 nitrogen and oxygen atoms in total. The maximum absolute atomic E-state index is 12.1. The first-order chi connectivity index (χ1) is 10.3. The first-order valence-corrected chi connectivity index (χ1v) is 8.15. The van der Waals surface area contributed by atoms with E-state index in [1.54, 1.807) is 6.92 Å².